The van der Waals surface area contributed by atoms with Crippen LogP contribution in [0.5, 0.6) is 5.75 Å². The fourth-order valence-electron chi connectivity index (χ4n) is 6.40. The molecular formula is C34H35F3N6O3S. The van der Waals surface area contributed by atoms with Gasteiger partial charge in [-0.2, -0.15) is 0 Å². The maximum absolute atomic E-state index is 13.1. The highest BCUT2D eigenvalue weighted by Crippen LogP contribution is 2.37. The number of carbonyl (C=O) groups excluding carboxylic acids is 2. The van der Waals surface area contributed by atoms with Crippen LogP contribution < -0.4 is 20.3 Å². The van der Waals surface area contributed by atoms with Crippen LogP contribution in [0.4, 0.5) is 23.7 Å². The Bertz CT molecular complexity index is 1740. The summed E-state index contributed by atoms with van der Waals surface area (Å²) >= 11 is 1.42. The minimum atomic E-state index is -4.75. The topological polar surface area (TPSA) is 101 Å². The number of rotatable bonds is 8. The highest BCUT2D eigenvalue weighted by Gasteiger charge is 2.37. The van der Waals surface area contributed by atoms with Crippen molar-refractivity contribution in [3.05, 3.63) is 89.7 Å². The smallest absolute Gasteiger partial charge is 0.406 e. The molecule has 1 aromatic heterocycles. The molecule has 2 fully saturated rings. The molecule has 1 aliphatic carbocycles. The third kappa shape index (κ3) is 7.40. The molecule has 2 N–H and O–H groups in total. The lowest BCUT2D eigenvalue weighted by molar-refractivity contribution is -0.274. The number of amides is 3. The molecule has 9 nitrogen and oxygen atoms in total. The average molecular weight is 665 g/mol. The Kier molecular flexibility index (Phi) is 9.18. The number of alkyl halides is 3. The number of halogens is 3. The number of aryl methyl sites for hydroxylation is 1. The minimum Gasteiger partial charge on any atom is -0.406 e. The summed E-state index contributed by atoms with van der Waals surface area (Å²) in [6.45, 7) is 6.26. The van der Waals surface area contributed by atoms with E-state index in [-0.39, 0.29) is 35.6 Å². The zero-order valence-electron chi connectivity index (χ0n) is 26.1. The normalized spacial score (nSPS) is 19.8. The van der Waals surface area contributed by atoms with Crippen LogP contribution in [-0.2, 0) is 4.79 Å². The van der Waals surface area contributed by atoms with Crippen molar-refractivity contribution in [3.63, 3.8) is 0 Å². The van der Waals surface area contributed by atoms with Crippen molar-refractivity contribution in [3.8, 4) is 22.8 Å². The Morgan fingerprint density at radius 3 is 2.47 bits per heavy atom. The number of thioether (sulfide) groups is 1. The van der Waals surface area contributed by atoms with E-state index < -0.39 is 11.9 Å². The summed E-state index contributed by atoms with van der Waals surface area (Å²) in [4.78, 5) is 32.1. The van der Waals surface area contributed by atoms with Gasteiger partial charge in [0.05, 0.1) is 17.1 Å². The van der Waals surface area contributed by atoms with Gasteiger partial charge in [0, 0.05) is 11.6 Å². The van der Waals surface area contributed by atoms with E-state index in [1.807, 2.05) is 49.4 Å². The monoisotopic (exact) mass is 664 g/mol. The Hall–Kier alpha value is -4.52. The van der Waals surface area contributed by atoms with Gasteiger partial charge in [-0.1, -0.05) is 50.2 Å². The second kappa shape index (κ2) is 13.3. The molecule has 0 spiro atoms. The third-order valence-corrected chi connectivity index (χ3v) is 9.55. The van der Waals surface area contributed by atoms with Crippen molar-refractivity contribution >= 4 is 29.4 Å². The molecule has 3 amide bonds. The van der Waals surface area contributed by atoms with Gasteiger partial charge in [-0.25, -0.2) is 14.5 Å². The zero-order chi connectivity index (χ0) is 33.3. The van der Waals surface area contributed by atoms with E-state index in [1.165, 1.54) is 47.0 Å². The number of aromatic nitrogens is 3. The van der Waals surface area contributed by atoms with Gasteiger partial charge in [0.2, 0.25) is 5.91 Å². The fraction of sp³-hybridized carbons (Fsp3) is 0.353. The molecule has 13 heteroatoms. The maximum atomic E-state index is 13.1. The summed E-state index contributed by atoms with van der Waals surface area (Å²) in [6, 6.07) is 19.0. The molecule has 3 unspecified atom stereocenters. The van der Waals surface area contributed by atoms with Crippen LogP contribution in [0, 0.1) is 6.92 Å². The zero-order valence-corrected chi connectivity index (χ0v) is 26.9. The number of carbonyl (C=O) groups is 2. The van der Waals surface area contributed by atoms with E-state index in [0.717, 1.165) is 47.2 Å². The van der Waals surface area contributed by atoms with Crippen LogP contribution in [0.15, 0.2) is 73.1 Å². The first-order chi connectivity index (χ1) is 22.4. The molecule has 2 aliphatic rings. The van der Waals surface area contributed by atoms with Crippen molar-refractivity contribution < 1.29 is 27.5 Å². The van der Waals surface area contributed by atoms with Crippen molar-refractivity contribution in [1.29, 1.82) is 0 Å². The molecule has 1 saturated heterocycles. The second-order valence-electron chi connectivity index (χ2n) is 12.1. The van der Waals surface area contributed by atoms with Gasteiger partial charge in [-0.15, -0.1) is 30.0 Å². The van der Waals surface area contributed by atoms with Gasteiger partial charge in [0.1, 0.15) is 12.1 Å². The number of ether oxygens (including phenoxy) is 1. The lowest BCUT2D eigenvalue weighted by Crippen LogP contribution is -2.50. The molecule has 4 aromatic rings. The van der Waals surface area contributed by atoms with Crippen molar-refractivity contribution in [1.82, 2.24) is 25.4 Å². The minimum absolute atomic E-state index is 0.00529. The second-order valence-corrected chi connectivity index (χ2v) is 13.2. The largest absolute Gasteiger partial charge is 0.573 e. The number of benzene rings is 3. The number of hydrogen-bond donors (Lipinski definition) is 2. The van der Waals surface area contributed by atoms with Gasteiger partial charge in [0.25, 0.3) is 0 Å². The van der Waals surface area contributed by atoms with Gasteiger partial charge < -0.3 is 15.4 Å². The number of anilines is 1. The molecule has 3 atom stereocenters. The van der Waals surface area contributed by atoms with E-state index in [9.17, 15) is 22.8 Å². The van der Waals surface area contributed by atoms with Crippen LogP contribution in [0.25, 0.3) is 17.1 Å². The first-order valence-corrected chi connectivity index (χ1v) is 16.5. The summed E-state index contributed by atoms with van der Waals surface area (Å²) in [6.07, 6.45) is -0.685. The number of hydrogen-bond acceptors (Lipinski definition) is 6. The first-order valence-electron chi connectivity index (χ1n) is 15.4. The van der Waals surface area contributed by atoms with E-state index >= 15 is 0 Å². The van der Waals surface area contributed by atoms with E-state index in [4.69, 9.17) is 0 Å². The van der Waals surface area contributed by atoms with Crippen LogP contribution in [0.2, 0.25) is 0 Å². The Morgan fingerprint density at radius 2 is 1.77 bits per heavy atom. The van der Waals surface area contributed by atoms with E-state index in [0.29, 0.717) is 17.3 Å². The van der Waals surface area contributed by atoms with E-state index in [1.54, 1.807) is 4.90 Å². The van der Waals surface area contributed by atoms with Crippen LogP contribution in [0.1, 0.15) is 61.6 Å². The highest BCUT2D eigenvalue weighted by atomic mass is 32.2. The molecule has 1 saturated carbocycles. The average Bonchev–Trinajstić information content (AvgIpc) is 3.77. The van der Waals surface area contributed by atoms with Crippen molar-refractivity contribution in [2.75, 3.05) is 10.7 Å². The predicted octanol–water partition coefficient (Wildman–Crippen LogP) is 7.26. The molecule has 3 aromatic carbocycles. The van der Waals surface area contributed by atoms with Gasteiger partial charge in [-0.05, 0) is 85.0 Å². The van der Waals surface area contributed by atoms with Gasteiger partial charge in [0.15, 0.2) is 11.3 Å². The van der Waals surface area contributed by atoms with Crippen LogP contribution in [-0.4, -0.2) is 50.4 Å². The standard InChI is InChI=1S/C34H35F3N6O3S/c1-20(2)30-21(3)5-4-6-28(30)43-29(44)18-47-33(43)40-32(45)39-25-12-11-24(17-25)22-7-9-23(10-8-22)31-38-19-42(41-31)26-13-15-27(16-14-26)46-34(35,36)37/h4-10,13-16,19-20,24-25,33H,11-12,17-18H2,1-3H3,(H2,39,40,45). The molecule has 0 radical (unpaired) electrons. The maximum Gasteiger partial charge on any atom is 0.573 e. The summed E-state index contributed by atoms with van der Waals surface area (Å²) in [5.41, 5.74) is 5.10. The first kappa shape index (κ1) is 32.4. The summed E-state index contributed by atoms with van der Waals surface area (Å²) < 4.78 is 42.8. The van der Waals surface area contributed by atoms with Crippen molar-refractivity contribution in [2.45, 2.75) is 69.8 Å². The third-order valence-electron chi connectivity index (χ3n) is 8.50. The lowest BCUT2D eigenvalue weighted by atomic mass is 9.95. The SMILES string of the molecule is Cc1cccc(N2C(=O)CSC2NC(=O)NC2CCC(c3ccc(-c4ncn(-c5ccc(OC(F)(F)F)cc5)n4)cc3)C2)c1C(C)C. The molecule has 6 rings (SSSR count). The molecule has 2 heterocycles. The molecule has 47 heavy (non-hydrogen) atoms. The lowest BCUT2D eigenvalue weighted by Gasteiger charge is -2.29. The van der Waals surface area contributed by atoms with E-state index in [2.05, 4.69) is 39.3 Å². The number of nitrogens with one attached hydrogen (secondary N) is 2. The summed E-state index contributed by atoms with van der Waals surface area (Å²) in [5.74, 6) is 0.967. The Morgan fingerprint density at radius 1 is 1.02 bits per heavy atom. The molecule has 1 aliphatic heterocycles. The van der Waals surface area contributed by atoms with Crippen LogP contribution >= 0.6 is 11.8 Å². The molecule has 0 bridgehead atoms. The van der Waals surface area contributed by atoms with Gasteiger partial charge >= 0.3 is 12.4 Å². The number of urea groups is 1. The molecular weight excluding hydrogens is 629 g/mol. The van der Waals surface area contributed by atoms with Crippen LogP contribution in [0.3, 0.4) is 0 Å². The Labute approximate surface area is 274 Å². The predicted molar refractivity (Wildman–Crippen MR) is 175 cm³/mol. The fourth-order valence-corrected chi connectivity index (χ4v) is 7.41. The summed E-state index contributed by atoms with van der Waals surface area (Å²) in [5, 5.41) is 10.6. The summed E-state index contributed by atoms with van der Waals surface area (Å²) in [7, 11) is 0. The highest BCUT2D eigenvalue weighted by molar-refractivity contribution is 8.01. The Balaban J connectivity index is 1.04. The van der Waals surface area contributed by atoms with Crippen molar-refractivity contribution in [2.24, 2.45) is 0 Å². The quantitative estimate of drug-likeness (QED) is 0.206. The number of nitrogens with zero attached hydrogens (tertiary/aromatic N) is 4. The van der Waals surface area contributed by atoms with Gasteiger partial charge in [-0.3, -0.25) is 9.69 Å². The molecule has 246 valence electrons.